The van der Waals surface area contributed by atoms with Crippen molar-refractivity contribution in [1.29, 1.82) is 0 Å². The van der Waals surface area contributed by atoms with Crippen LogP contribution in [0.15, 0.2) is 12.1 Å². The summed E-state index contributed by atoms with van der Waals surface area (Å²) in [7, 11) is 0. The SMILES string of the molecule is Cc1ccc(CC(C)NC(=O)CNCC2CC2)s1.Cl. The molecule has 0 aliphatic heterocycles. The molecule has 1 aromatic heterocycles. The maximum absolute atomic E-state index is 11.7. The number of carbonyl (C=O) groups is 1. The van der Waals surface area contributed by atoms with Crippen molar-refractivity contribution >= 4 is 29.7 Å². The van der Waals surface area contributed by atoms with Crippen molar-refractivity contribution in [1.82, 2.24) is 10.6 Å². The smallest absolute Gasteiger partial charge is 0.234 e. The monoisotopic (exact) mass is 302 g/mol. The second-order valence-corrected chi connectivity index (χ2v) is 6.63. The van der Waals surface area contributed by atoms with Crippen molar-refractivity contribution in [2.24, 2.45) is 5.92 Å². The van der Waals surface area contributed by atoms with Gasteiger partial charge < -0.3 is 10.6 Å². The molecule has 0 saturated heterocycles. The second-order valence-electron chi connectivity index (χ2n) is 5.26. The number of nitrogens with one attached hydrogen (secondary N) is 2. The topological polar surface area (TPSA) is 41.1 Å². The molecule has 1 amide bonds. The molecular weight excluding hydrogens is 280 g/mol. The van der Waals surface area contributed by atoms with Crippen LogP contribution in [0.25, 0.3) is 0 Å². The van der Waals surface area contributed by atoms with E-state index >= 15 is 0 Å². The number of halogens is 1. The zero-order chi connectivity index (χ0) is 13.0. The van der Waals surface area contributed by atoms with Crippen LogP contribution in [0.1, 0.15) is 29.5 Å². The first-order valence-corrected chi connectivity index (χ1v) is 7.50. The molecule has 1 unspecified atom stereocenters. The van der Waals surface area contributed by atoms with Gasteiger partial charge >= 0.3 is 0 Å². The van der Waals surface area contributed by atoms with Crippen molar-refractivity contribution < 1.29 is 4.79 Å². The molecule has 1 fully saturated rings. The summed E-state index contributed by atoms with van der Waals surface area (Å²) in [5.74, 6) is 0.931. The third kappa shape index (κ3) is 6.41. The Balaban J connectivity index is 0.00000180. The maximum Gasteiger partial charge on any atom is 0.234 e. The van der Waals surface area contributed by atoms with Crippen LogP contribution in [0.3, 0.4) is 0 Å². The van der Waals surface area contributed by atoms with Gasteiger partial charge in [0.2, 0.25) is 5.91 Å². The van der Waals surface area contributed by atoms with Gasteiger partial charge in [0.15, 0.2) is 0 Å². The molecule has 0 bridgehead atoms. The van der Waals surface area contributed by atoms with Gasteiger partial charge in [-0.25, -0.2) is 0 Å². The number of aryl methyl sites for hydroxylation is 1. The molecule has 0 spiro atoms. The van der Waals surface area contributed by atoms with Crippen LogP contribution in [0, 0.1) is 12.8 Å². The van der Waals surface area contributed by atoms with Crippen molar-refractivity contribution in [2.45, 2.75) is 39.2 Å². The summed E-state index contributed by atoms with van der Waals surface area (Å²) in [5.41, 5.74) is 0. The molecule has 108 valence electrons. The molecule has 0 radical (unpaired) electrons. The van der Waals surface area contributed by atoms with E-state index in [0.29, 0.717) is 6.54 Å². The minimum absolute atomic E-state index is 0. The molecule has 0 aromatic carbocycles. The Morgan fingerprint density at radius 2 is 2.21 bits per heavy atom. The third-order valence-electron chi connectivity index (χ3n) is 3.13. The van der Waals surface area contributed by atoms with E-state index in [9.17, 15) is 4.79 Å². The van der Waals surface area contributed by atoms with Gasteiger partial charge in [0.05, 0.1) is 6.54 Å². The van der Waals surface area contributed by atoms with E-state index in [2.05, 4.69) is 36.6 Å². The Bertz CT molecular complexity index is 404. The summed E-state index contributed by atoms with van der Waals surface area (Å²) in [6.07, 6.45) is 3.57. The van der Waals surface area contributed by atoms with Crippen LogP contribution in [0.4, 0.5) is 0 Å². The Kier molecular flexibility index (Phi) is 6.83. The van der Waals surface area contributed by atoms with Crippen LogP contribution in [-0.4, -0.2) is 25.0 Å². The lowest BCUT2D eigenvalue weighted by Crippen LogP contribution is -2.40. The van der Waals surface area contributed by atoms with Crippen LogP contribution >= 0.6 is 23.7 Å². The van der Waals surface area contributed by atoms with Gasteiger partial charge in [-0.3, -0.25) is 4.79 Å². The highest BCUT2D eigenvalue weighted by Gasteiger charge is 2.20. The van der Waals surface area contributed by atoms with E-state index in [1.807, 2.05) is 0 Å². The fourth-order valence-electron chi connectivity index (χ4n) is 1.99. The largest absolute Gasteiger partial charge is 0.352 e. The number of carbonyl (C=O) groups excluding carboxylic acids is 1. The average molecular weight is 303 g/mol. The normalized spacial score (nSPS) is 15.7. The average Bonchev–Trinajstić information content (AvgIpc) is 3.02. The van der Waals surface area contributed by atoms with Gasteiger partial charge in [0.1, 0.15) is 0 Å². The summed E-state index contributed by atoms with van der Waals surface area (Å²) in [6, 6.07) is 4.48. The molecule has 5 heteroatoms. The van der Waals surface area contributed by atoms with Crippen LogP contribution in [0.5, 0.6) is 0 Å². The van der Waals surface area contributed by atoms with Crippen LogP contribution < -0.4 is 10.6 Å². The molecule has 1 aliphatic rings. The molecular formula is C14H23ClN2OS. The van der Waals surface area contributed by atoms with Crippen molar-refractivity contribution in [2.75, 3.05) is 13.1 Å². The van der Waals surface area contributed by atoms with E-state index in [-0.39, 0.29) is 24.4 Å². The molecule has 3 nitrogen and oxygen atoms in total. The highest BCUT2D eigenvalue weighted by atomic mass is 35.5. The zero-order valence-electron chi connectivity index (χ0n) is 11.6. The summed E-state index contributed by atoms with van der Waals surface area (Å²) >= 11 is 1.81. The van der Waals surface area contributed by atoms with Gasteiger partial charge in [-0.05, 0) is 51.3 Å². The van der Waals surface area contributed by atoms with E-state index in [1.165, 1.54) is 22.6 Å². The first kappa shape index (κ1) is 16.5. The highest BCUT2D eigenvalue weighted by molar-refractivity contribution is 7.11. The van der Waals surface area contributed by atoms with Crippen molar-refractivity contribution in [3.8, 4) is 0 Å². The number of rotatable bonds is 7. The maximum atomic E-state index is 11.7. The van der Waals surface area contributed by atoms with Gasteiger partial charge in [-0.1, -0.05) is 0 Å². The van der Waals surface area contributed by atoms with Gasteiger partial charge in [-0.15, -0.1) is 23.7 Å². The standard InChI is InChI=1S/C14H22N2OS.ClH/c1-10(7-13-6-3-11(2)18-13)16-14(17)9-15-8-12-4-5-12;/h3,6,10,12,15H,4-5,7-9H2,1-2H3,(H,16,17);1H. The van der Waals surface area contributed by atoms with Crippen molar-refractivity contribution in [3.05, 3.63) is 21.9 Å². The molecule has 1 heterocycles. The summed E-state index contributed by atoms with van der Waals surface area (Å²) < 4.78 is 0. The number of thiophene rings is 1. The van der Waals surface area contributed by atoms with E-state index in [4.69, 9.17) is 0 Å². The first-order valence-electron chi connectivity index (χ1n) is 6.69. The first-order chi connectivity index (χ1) is 8.63. The predicted molar refractivity (Wildman–Crippen MR) is 83.2 cm³/mol. The lowest BCUT2D eigenvalue weighted by Gasteiger charge is -2.13. The molecule has 1 saturated carbocycles. The van der Waals surface area contributed by atoms with Gasteiger partial charge in [0.25, 0.3) is 0 Å². The van der Waals surface area contributed by atoms with E-state index < -0.39 is 0 Å². The Hall–Kier alpha value is -0.580. The third-order valence-corrected chi connectivity index (χ3v) is 4.15. The summed E-state index contributed by atoms with van der Waals surface area (Å²) in [6.45, 7) is 5.61. The number of hydrogen-bond donors (Lipinski definition) is 2. The Morgan fingerprint density at radius 1 is 1.47 bits per heavy atom. The molecule has 1 atom stereocenters. The Morgan fingerprint density at radius 3 is 2.79 bits per heavy atom. The van der Waals surface area contributed by atoms with E-state index in [0.717, 1.165) is 18.9 Å². The number of hydrogen-bond acceptors (Lipinski definition) is 3. The molecule has 2 rings (SSSR count). The van der Waals surface area contributed by atoms with Crippen molar-refractivity contribution in [3.63, 3.8) is 0 Å². The summed E-state index contributed by atoms with van der Waals surface area (Å²) in [4.78, 5) is 14.3. The zero-order valence-corrected chi connectivity index (χ0v) is 13.2. The molecule has 1 aliphatic carbocycles. The quantitative estimate of drug-likeness (QED) is 0.812. The number of amides is 1. The predicted octanol–water partition coefficient (Wildman–Crippen LogP) is 2.53. The fourth-order valence-corrected chi connectivity index (χ4v) is 3.00. The molecule has 1 aromatic rings. The molecule has 2 N–H and O–H groups in total. The van der Waals surface area contributed by atoms with Crippen LogP contribution in [0.2, 0.25) is 0 Å². The van der Waals surface area contributed by atoms with E-state index in [1.54, 1.807) is 11.3 Å². The van der Waals surface area contributed by atoms with Gasteiger partial charge in [-0.2, -0.15) is 0 Å². The lowest BCUT2D eigenvalue weighted by molar-refractivity contribution is -0.120. The fraction of sp³-hybridized carbons (Fsp3) is 0.643. The summed E-state index contributed by atoms with van der Waals surface area (Å²) in [5, 5.41) is 6.25. The Labute approximate surface area is 125 Å². The van der Waals surface area contributed by atoms with Gasteiger partial charge in [0, 0.05) is 22.2 Å². The minimum Gasteiger partial charge on any atom is -0.352 e. The lowest BCUT2D eigenvalue weighted by atomic mass is 10.2. The minimum atomic E-state index is 0. The van der Waals surface area contributed by atoms with Crippen LogP contribution in [-0.2, 0) is 11.2 Å². The second kappa shape index (κ2) is 7.88. The molecule has 19 heavy (non-hydrogen) atoms. The highest BCUT2D eigenvalue weighted by Crippen LogP contribution is 2.27.